The van der Waals surface area contributed by atoms with Crippen molar-refractivity contribution in [3.8, 4) is 11.5 Å². The van der Waals surface area contributed by atoms with Crippen LogP contribution in [0.25, 0.3) is 0 Å². The van der Waals surface area contributed by atoms with Crippen LogP contribution in [0.3, 0.4) is 0 Å². The minimum Gasteiger partial charge on any atom is -0.490 e. The van der Waals surface area contributed by atoms with Gasteiger partial charge in [0.25, 0.3) is 0 Å². The summed E-state index contributed by atoms with van der Waals surface area (Å²) in [7, 11) is 0. The van der Waals surface area contributed by atoms with Crippen LogP contribution in [-0.2, 0) is 6.42 Å². The molecule has 0 radical (unpaired) electrons. The third-order valence-corrected chi connectivity index (χ3v) is 3.91. The number of hydrogen-bond donors (Lipinski definition) is 0. The molecule has 0 saturated heterocycles. The first-order valence-corrected chi connectivity index (χ1v) is 8.12. The minimum absolute atomic E-state index is 0.290. The predicted octanol–water partition coefficient (Wildman–Crippen LogP) is 5.16. The molecule has 1 aliphatic heterocycles. The predicted molar refractivity (Wildman–Crippen MR) is 88.2 cm³/mol. The van der Waals surface area contributed by atoms with Gasteiger partial charge in [-0.05, 0) is 50.3 Å². The van der Waals surface area contributed by atoms with Gasteiger partial charge in [0.05, 0.1) is 0 Å². The van der Waals surface area contributed by atoms with Crippen LogP contribution >= 0.6 is 0 Å². The first-order chi connectivity index (χ1) is 10.0. The maximum absolute atomic E-state index is 5.81. The van der Waals surface area contributed by atoms with E-state index < -0.39 is 0 Å². The molecule has 1 aromatic rings. The van der Waals surface area contributed by atoms with Crippen molar-refractivity contribution in [1.82, 2.24) is 0 Å². The fourth-order valence-electron chi connectivity index (χ4n) is 2.64. The summed E-state index contributed by atoms with van der Waals surface area (Å²) in [5, 5.41) is 0. The Kier molecular flexibility index (Phi) is 5.72. The first kappa shape index (κ1) is 15.9. The van der Waals surface area contributed by atoms with E-state index in [0.29, 0.717) is 12.7 Å². The molecule has 2 nitrogen and oxygen atoms in total. The van der Waals surface area contributed by atoms with E-state index in [1.54, 1.807) is 0 Å². The van der Waals surface area contributed by atoms with Crippen LogP contribution in [0.15, 0.2) is 29.8 Å². The first-order valence-electron chi connectivity index (χ1n) is 8.12. The van der Waals surface area contributed by atoms with E-state index in [0.717, 1.165) is 23.8 Å². The maximum atomic E-state index is 5.81. The second kappa shape index (κ2) is 7.53. The van der Waals surface area contributed by atoms with Crippen LogP contribution in [0.2, 0.25) is 0 Å². The molecule has 116 valence electrons. The van der Waals surface area contributed by atoms with Crippen LogP contribution in [0.1, 0.15) is 52.5 Å². The van der Waals surface area contributed by atoms with Gasteiger partial charge in [-0.2, -0.15) is 0 Å². The van der Waals surface area contributed by atoms with Gasteiger partial charge in [0.2, 0.25) is 0 Å². The number of hydrogen-bond acceptors (Lipinski definition) is 2. The fraction of sp³-hybridized carbons (Fsp3) is 0.579. The molecule has 0 spiro atoms. The van der Waals surface area contributed by atoms with Crippen molar-refractivity contribution in [3.05, 3.63) is 35.4 Å². The number of rotatable bonds is 7. The summed E-state index contributed by atoms with van der Waals surface area (Å²) in [4.78, 5) is 0. The monoisotopic (exact) mass is 288 g/mol. The summed E-state index contributed by atoms with van der Waals surface area (Å²) in [6.45, 7) is 9.49. The van der Waals surface area contributed by atoms with E-state index in [1.165, 1.54) is 30.4 Å². The lowest BCUT2D eigenvalue weighted by atomic mass is 10.0. The number of fused-ring (bicyclic) bond motifs is 1. The highest BCUT2D eigenvalue weighted by molar-refractivity contribution is 5.43. The average molecular weight is 288 g/mol. The van der Waals surface area contributed by atoms with E-state index in [4.69, 9.17) is 9.47 Å². The Morgan fingerprint density at radius 2 is 2.24 bits per heavy atom. The summed E-state index contributed by atoms with van der Waals surface area (Å²) < 4.78 is 11.6. The number of ether oxygens (including phenoxy) is 2. The van der Waals surface area contributed by atoms with Gasteiger partial charge in [0.1, 0.15) is 24.2 Å². The molecular weight excluding hydrogens is 260 g/mol. The smallest absolute Gasteiger partial charge is 0.126 e. The van der Waals surface area contributed by atoms with E-state index in [2.05, 4.69) is 39.8 Å². The van der Waals surface area contributed by atoms with Crippen LogP contribution in [0.4, 0.5) is 0 Å². The molecule has 0 bridgehead atoms. The highest BCUT2D eigenvalue weighted by atomic mass is 16.5. The maximum Gasteiger partial charge on any atom is 0.126 e. The lowest BCUT2D eigenvalue weighted by Crippen LogP contribution is -2.05. The van der Waals surface area contributed by atoms with Gasteiger partial charge in [-0.25, -0.2) is 0 Å². The molecule has 0 saturated carbocycles. The summed E-state index contributed by atoms with van der Waals surface area (Å²) >= 11 is 0. The molecule has 1 atom stereocenters. The molecule has 0 aromatic heterocycles. The highest BCUT2D eigenvalue weighted by Gasteiger charge is 2.18. The zero-order valence-corrected chi connectivity index (χ0v) is 13.8. The van der Waals surface area contributed by atoms with Gasteiger partial charge < -0.3 is 9.47 Å². The largest absolute Gasteiger partial charge is 0.490 e. The number of benzene rings is 1. The van der Waals surface area contributed by atoms with Crippen LogP contribution < -0.4 is 9.47 Å². The topological polar surface area (TPSA) is 18.5 Å². The lowest BCUT2D eigenvalue weighted by Gasteiger charge is -2.08. The van der Waals surface area contributed by atoms with Crippen molar-refractivity contribution in [1.29, 1.82) is 0 Å². The van der Waals surface area contributed by atoms with Gasteiger partial charge in [0, 0.05) is 12.5 Å². The SMILES string of the molecule is C/C(=C\COc1ccc2c(c1)OC(C)C2)CCCC(C)C. The van der Waals surface area contributed by atoms with Crippen molar-refractivity contribution in [2.45, 2.75) is 59.5 Å². The second-order valence-corrected chi connectivity index (χ2v) is 6.55. The normalized spacial score (nSPS) is 17.8. The Bertz CT molecular complexity index is 488. The molecule has 2 rings (SSSR count). The van der Waals surface area contributed by atoms with Gasteiger partial charge in [-0.1, -0.05) is 31.9 Å². The van der Waals surface area contributed by atoms with Crippen LogP contribution in [-0.4, -0.2) is 12.7 Å². The van der Waals surface area contributed by atoms with E-state index in [1.807, 2.05) is 12.1 Å². The summed E-state index contributed by atoms with van der Waals surface area (Å²) in [5.41, 5.74) is 2.71. The van der Waals surface area contributed by atoms with E-state index in [9.17, 15) is 0 Å². The molecular formula is C19H28O2. The lowest BCUT2D eigenvalue weighted by molar-refractivity contribution is 0.253. The third-order valence-electron chi connectivity index (χ3n) is 3.91. The Labute approximate surface area is 129 Å². The molecule has 0 fully saturated rings. The standard InChI is InChI=1S/C19H28O2/c1-14(2)6-5-7-15(3)10-11-20-18-9-8-17-12-16(4)21-19(17)13-18/h8-10,13-14,16H,5-7,11-12H2,1-4H3/b15-10+. The van der Waals surface area contributed by atoms with Gasteiger partial charge >= 0.3 is 0 Å². The van der Waals surface area contributed by atoms with Crippen molar-refractivity contribution >= 4 is 0 Å². The molecule has 21 heavy (non-hydrogen) atoms. The molecule has 2 heteroatoms. The Hall–Kier alpha value is -1.44. The summed E-state index contributed by atoms with van der Waals surface area (Å²) in [6.07, 6.45) is 7.23. The highest BCUT2D eigenvalue weighted by Crippen LogP contribution is 2.32. The average Bonchev–Trinajstić information content (AvgIpc) is 2.77. The minimum atomic E-state index is 0.290. The van der Waals surface area contributed by atoms with Crippen molar-refractivity contribution in [2.24, 2.45) is 5.92 Å². The quantitative estimate of drug-likeness (QED) is 0.645. The third kappa shape index (κ3) is 5.11. The zero-order chi connectivity index (χ0) is 15.2. The van der Waals surface area contributed by atoms with E-state index in [-0.39, 0.29) is 0 Å². The van der Waals surface area contributed by atoms with Gasteiger partial charge in [-0.3, -0.25) is 0 Å². The fourth-order valence-corrected chi connectivity index (χ4v) is 2.64. The summed E-state index contributed by atoms with van der Waals surface area (Å²) in [6, 6.07) is 6.18. The van der Waals surface area contributed by atoms with Crippen LogP contribution in [0, 0.1) is 5.92 Å². The van der Waals surface area contributed by atoms with Crippen molar-refractivity contribution in [3.63, 3.8) is 0 Å². The van der Waals surface area contributed by atoms with Crippen LogP contribution in [0.5, 0.6) is 11.5 Å². The van der Waals surface area contributed by atoms with Crippen molar-refractivity contribution in [2.75, 3.05) is 6.61 Å². The molecule has 0 N–H and O–H groups in total. The Morgan fingerprint density at radius 3 is 3.00 bits per heavy atom. The zero-order valence-electron chi connectivity index (χ0n) is 13.8. The number of allylic oxidation sites excluding steroid dienone is 1. The van der Waals surface area contributed by atoms with Gasteiger partial charge in [0.15, 0.2) is 0 Å². The molecule has 1 heterocycles. The Morgan fingerprint density at radius 1 is 1.43 bits per heavy atom. The van der Waals surface area contributed by atoms with Crippen molar-refractivity contribution < 1.29 is 9.47 Å². The summed E-state index contributed by atoms with van der Waals surface area (Å²) in [5.74, 6) is 2.68. The molecule has 1 aromatic carbocycles. The van der Waals surface area contributed by atoms with E-state index >= 15 is 0 Å². The Balaban J connectivity index is 1.77. The second-order valence-electron chi connectivity index (χ2n) is 6.55. The molecule has 1 unspecified atom stereocenters. The molecule has 0 aliphatic carbocycles. The van der Waals surface area contributed by atoms with Gasteiger partial charge in [-0.15, -0.1) is 0 Å². The molecule has 0 amide bonds. The molecule has 1 aliphatic rings.